The van der Waals surface area contributed by atoms with E-state index in [0.717, 1.165) is 62.9 Å². The van der Waals surface area contributed by atoms with Crippen molar-refractivity contribution in [1.82, 2.24) is 0 Å². The van der Waals surface area contributed by atoms with E-state index in [1.54, 1.807) is 12.1 Å². The minimum atomic E-state index is -4.78. The van der Waals surface area contributed by atoms with E-state index in [0.29, 0.717) is 24.2 Å². The molecule has 0 atom stereocenters. The number of carbonyl (C=O) groups is 2. The van der Waals surface area contributed by atoms with Gasteiger partial charge in [0.1, 0.15) is 5.75 Å². The van der Waals surface area contributed by atoms with Gasteiger partial charge in [-0.25, -0.2) is 4.79 Å². The summed E-state index contributed by atoms with van der Waals surface area (Å²) >= 11 is 0. The fourth-order valence-electron chi connectivity index (χ4n) is 5.14. The molecule has 0 bridgehead atoms. The Morgan fingerprint density at radius 2 is 1.56 bits per heavy atom. The van der Waals surface area contributed by atoms with E-state index < -0.39 is 18.2 Å². The monoisotopic (exact) mass is 568 g/mol. The largest absolute Gasteiger partial charge is 0.573 e. The molecule has 3 aromatic carbocycles. The highest BCUT2D eigenvalue weighted by Crippen LogP contribution is 2.37. The second kappa shape index (κ2) is 14.1. The van der Waals surface area contributed by atoms with Crippen molar-refractivity contribution in [3.63, 3.8) is 0 Å². The number of hydrogen-bond donors (Lipinski definition) is 0. The Balaban J connectivity index is 1.65. The predicted molar refractivity (Wildman–Crippen MR) is 153 cm³/mol. The first-order valence-electron chi connectivity index (χ1n) is 13.9. The molecule has 9 heteroatoms. The highest BCUT2D eigenvalue weighted by atomic mass is 19.4. The normalized spacial score (nSPS) is 13.8. The van der Waals surface area contributed by atoms with Gasteiger partial charge in [-0.05, 0) is 73.6 Å². The fourth-order valence-corrected chi connectivity index (χ4v) is 5.14. The minimum absolute atomic E-state index is 0.307. The van der Waals surface area contributed by atoms with Crippen molar-refractivity contribution in [2.24, 2.45) is 0 Å². The molecule has 4 rings (SSSR count). The molecular weight excluding hydrogens is 533 g/mol. The topological polar surface area (TPSA) is 59.1 Å². The molecule has 1 heterocycles. The van der Waals surface area contributed by atoms with Crippen LogP contribution in [0.15, 0.2) is 72.8 Å². The highest BCUT2D eigenvalue weighted by Gasteiger charge is 2.31. The Hall–Kier alpha value is -4.01. The van der Waals surface area contributed by atoms with Gasteiger partial charge in [-0.2, -0.15) is 0 Å². The van der Waals surface area contributed by atoms with Gasteiger partial charge >= 0.3 is 18.2 Å². The quantitative estimate of drug-likeness (QED) is 0.156. The number of benzene rings is 3. The van der Waals surface area contributed by atoms with Crippen LogP contribution in [0.2, 0.25) is 0 Å². The van der Waals surface area contributed by atoms with Gasteiger partial charge in [-0.15, -0.1) is 13.2 Å². The van der Waals surface area contributed by atoms with Gasteiger partial charge in [0, 0.05) is 36.6 Å². The molecule has 0 aromatic heterocycles. The van der Waals surface area contributed by atoms with Crippen LogP contribution in [0.25, 0.3) is 11.1 Å². The molecule has 0 aliphatic carbocycles. The third-order valence-electron chi connectivity index (χ3n) is 7.18. The van der Waals surface area contributed by atoms with E-state index in [-0.39, 0.29) is 5.75 Å². The van der Waals surface area contributed by atoms with Crippen molar-refractivity contribution in [1.29, 1.82) is 0 Å². The molecule has 0 N–H and O–H groups in total. The summed E-state index contributed by atoms with van der Waals surface area (Å²) in [6, 6.07) is 21.3. The zero-order valence-electron chi connectivity index (χ0n) is 23.2. The Labute approximate surface area is 238 Å². The first-order valence-corrected chi connectivity index (χ1v) is 13.9. The summed E-state index contributed by atoms with van der Waals surface area (Å²) < 4.78 is 47.0. The van der Waals surface area contributed by atoms with Gasteiger partial charge in [0.2, 0.25) is 0 Å². The molecule has 41 heavy (non-hydrogen) atoms. The number of rotatable bonds is 9. The van der Waals surface area contributed by atoms with Crippen molar-refractivity contribution in [2.75, 3.05) is 36.5 Å². The summed E-state index contributed by atoms with van der Waals surface area (Å²) in [7, 11) is 1.17. The Morgan fingerprint density at radius 3 is 2.20 bits per heavy atom. The van der Waals surface area contributed by atoms with Gasteiger partial charge in [-0.1, -0.05) is 55.3 Å². The number of unbranched alkanes of at least 4 members (excludes halogenated alkanes) is 1. The summed E-state index contributed by atoms with van der Waals surface area (Å²) in [6.07, 6.45) is 1.87. The number of hydrogen-bond acceptors (Lipinski definition) is 5. The number of amides is 1. The summed E-state index contributed by atoms with van der Waals surface area (Å²) in [4.78, 5) is 29.1. The molecular formula is C32H35F3N2O4. The summed E-state index contributed by atoms with van der Waals surface area (Å²) in [5.41, 5.74) is 4.07. The molecule has 6 nitrogen and oxygen atoms in total. The zero-order chi connectivity index (χ0) is 29.2. The van der Waals surface area contributed by atoms with Crippen LogP contribution in [0.1, 0.15) is 44.1 Å². The number of ether oxygens (including phenoxy) is 2. The summed E-state index contributed by atoms with van der Waals surface area (Å²) in [6.45, 7) is 2.01. The SMILES string of the molecule is COC(=O)C(=O)N(CCCCc1ccccc1)c1ccc(N2CCCCCC2)c(-c2ccc(OC(F)(F)F)cc2)c1. The molecule has 0 radical (unpaired) electrons. The first kappa shape index (κ1) is 30.0. The average molecular weight is 569 g/mol. The van der Waals surface area contributed by atoms with E-state index >= 15 is 0 Å². The zero-order valence-corrected chi connectivity index (χ0v) is 23.2. The lowest BCUT2D eigenvalue weighted by Crippen LogP contribution is -2.38. The first-order chi connectivity index (χ1) is 19.7. The number of halogens is 3. The maximum absolute atomic E-state index is 13.1. The smallest absolute Gasteiger partial charge is 0.462 e. The fraction of sp³-hybridized carbons (Fsp3) is 0.375. The molecule has 0 unspecified atom stereocenters. The number of alkyl halides is 3. The van der Waals surface area contributed by atoms with Gasteiger partial charge in [-0.3, -0.25) is 4.79 Å². The molecule has 1 saturated heterocycles. The maximum atomic E-state index is 13.1. The number of anilines is 2. The predicted octanol–water partition coefficient (Wildman–Crippen LogP) is 7.16. The van der Waals surface area contributed by atoms with Crippen LogP contribution in [0.4, 0.5) is 24.5 Å². The molecule has 3 aromatic rings. The lowest BCUT2D eigenvalue weighted by molar-refractivity contribution is -0.274. The Kier molecular flexibility index (Phi) is 10.3. The number of nitrogens with zero attached hydrogens (tertiary/aromatic N) is 2. The molecule has 0 saturated carbocycles. The molecule has 0 spiro atoms. The lowest BCUT2D eigenvalue weighted by atomic mass is 10.0. The van der Waals surface area contributed by atoms with Crippen molar-refractivity contribution >= 4 is 23.3 Å². The second-order valence-corrected chi connectivity index (χ2v) is 10.1. The van der Waals surface area contributed by atoms with Crippen LogP contribution in [0.5, 0.6) is 5.75 Å². The van der Waals surface area contributed by atoms with Gasteiger partial charge in [0.05, 0.1) is 7.11 Å². The van der Waals surface area contributed by atoms with E-state index in [9.17, 15) is 22.8 Å². The lowest BCUT2D eigenvalue weighted by Gasteiger charge is -2.28. The Bertz CT molecular complexity index is 1290. The number of aryl methyl sites for hydroxylation is 1. The van der Waals surface area contributed by atoms with Crippen LogP contribution in [-0.4, -0.2) is 45.0 Å². The minimum Gasteiger partial charge on any atom is -0.462 e. The van der Waals surface area contributed by atoms with Crippen LogP contribution in [-0.2, 0) is 20.7 Å². The van der Waals surface area contributed by atoms with Crippen molar-refractivity contribution < 1.29 is 32.2 Å². The van der Waals surface area contributed by atoms with Crippen LogP contribution in [0, 0.1) is 0 Å². The van der Waals surface area contributed by atoms with Gasteiger partial charge in [0.25, 0.3) is 0 Å². The van der Waals surface area contributed by atoms with Crippen molar-refractivity contribution in [3.05, 3.63) is 78.4 Å². The van der Waals surface area contributed by atoms with E-state index in [4.69, 9.17) is 4.74 Å². The molecule has 1 fully saturated rings. The van der Waals surface area contributed by atoms with Crippen molar-refractivity contribution in [3.8, 4) is 16.9 Å². The van der Waals surface area contributed by atoms with E-state index in [2.05, 4.69) is 21.8 Å². The van der Waals surface area contributed by atoms with Crippen LogP contribution in [0.3, 0.4) is 0 Å². The highest BCUT2D eigenvalue weighted by molar-refractivity contribution is 6.38. The summed E-state index contributed by atoms with van der Waals surface area (Å²) in [5, 5.41) is 0. The molecule has 1 amide bonds. The molecule has 218 valence electrons. The number of carbonyl (C=O) groups excluding carboxylic acids is 2. The van der Waals surface area contributed by atoms with Crippen LogP contribution >= 0.6 is 0 Å². The molecule has 1 aliphatic rings. The van der Waals surface area contributed by atoms with Crippen molar-refractivity contribution in [2.45, 2.75) is 51.3 Å². The third kappa shape index (κ3) is 8.49. The van der Waals surface area contributed by atoms with Gasteiger partial charge in [0.15, 0.2) is 0 Å². The summed E-state index contributed by atoms with van der Waals surface area (Å²) in [5.74, 6) is -2.04. The average Bonchev–Trinajstić information content (AvgIpc) is 3.26. The van der Waals surface area contributed by atoms with E-state index in [1.807, 2.05) is 36.4 Å². The third-order valence-corrected chi connectivity index (χ3v) is 7.18. The van der Waals surface area contributed by atoms with E-state index in [1.165, 1.54) is 29.7 Å². The second-order valence-electron chi connectivity index (χ2n) is 10.1. The standard InChI is InChI=1S/C32H35F3N2O4/c1-40-31(39)30(38)37(22-10-7-13-24-11-5-4-6-12-24)26-16-19-29(36-20-8-2-3-9-21-36)28(23-26)25-14-17-27(18-15-25)41-32(33,34)35/h4-6,11-12,14-19,23H,2-3,7-10,13,20-22H2,1H3. The Morgan fingerprint density at radius 1 is 0.878 bits per heavy atom. The van der Waals surface area contributed by atoms with Crippen LogP contribution < -0.4 is 14.5 Å². The molecule has 1 aliphatic heterocycles. The maximum Gasteiger partial charge on any atom is 0.573 e. The number of methoxy groups -OCH3 is 1. The van der Waals surface area contributed by atoms with Gasteiger partial charge < -0.3 is 19.3 Å². The number of esters is 1.